The van der Waals surface area contributed by atoms with Gasteiger partial charge < -0.3 is 10.0 Å². The summed E-state index contributed by atoms with van der Waals surface area (Å²) in [7, 11) is 1.86. The predicted molar refractivity (Wildman–Crippen MR) is 89.1 cm³/mol. The standard InChI is InChI=1S/C18H23N3O2/c1-13-5-7-15(8-6-13)17-10-16(19-20(17)2)18(23)21-9-3-4-14(11-21)12-22/h5-8,10,14,22H,3-4,9,11-12H2,1-2H3. The van der Waals surface area contributed by atoms with E-state index >= 15 is 0 Å². The third-order valence-corrected chi connectivity index (χ3v) is 4.51. The highest BCUT2D eigenvalue weighted by Crippen LogP contribution is 2.23. The van der Waals surface area contributed by atoms with Crippen LogP contribution in [0.1, 0.15) is 28.9 Å². The van der Waals surface area contributed by atoms with E-state index in [9.17, 15) is 9.90 Å². The van der Waals surface area contributed by atoms with Crippen molar-refractivity contribution in [2.45, 2.75) is 19.8 Å². The Kier molecular flexibility index (Phi) is 4.48. The number of hydrogen-bond donors (Lipinski definition) is 1. The quantitative estimate of drug-likeness (QED) is 0.945. The summed E-state index contributed by atoms with van der Waals surface area (Å²) < 4.78 is 1.76. The van der Waals surface area contributed by atoms with Crippen molar-refractivity contribution in [2.75, 3.05) is 19.7 Å². The van der Waals surface area contributed by atoms with Gasteiger partial charge in [0.15, 0.2) is 5.69 Å². The number of rotatable bonds is 3. The van der Waals surface area contributed by atoms with Crippen LogP contribution in [0, 0.1) is 12.8 Å². The Bertz CT molecular complexity index is 691. The van der Waals surface area contributed by atoms with E-state index in [4.69, 9.17) is 0 Å². The molecule has 1 amide bonds. The first-order valence-corrected chi connectivity index (χ1v) is 8.09. The highest BCUT2D eigenvalue weighted by atomic mass is 16.3. The van der Waals surface area contributed by atoms with Gasteiger partial charge in [0, 0.05) is 26.7 Å². The fourth-order valence-corrected chi connectivity index (χ4v) is 3.13. The fraction of sp³-hybridized carbons (Fsp3) is 0.444. The summed E-state index contributed by atoms with van der Waals surface area (Å²) in [6.45, 7) is 3.55. The van der Waals surface area contributed by atoms with Crippen LogP contribution in [0.5, 0.6) is 0 Å². The van der Waals surface area contributed by atoms with Gasteiger partial charge in [-0.2, -0.15) is 5.10 Å². The molecule has 1 aromatic heterocycles. The number of aliphatic hydroxyl groups is 1. The molecule has 5 heteroatoms. The lowest BCUT2D eigenvalue weighted by atomic mass is 9.99. The Morgan fingerprint density at radius 2 is 2.09 bits per heavy atom. The van der Waals surface area contributed by atoms with Crippen LogP contribution in [0.4, 0.5) is 0 Å². The summed E-state index contributed by atoms with van der Waals surface area (Å²) in [4.78, 5) is 14.5. The minimum absolute atomic E-state index is 0.0443. The molecule has 1 aliphatic rings. The Morgan fingerprint density at radius 3 is 2.78 bits per heavy atom. The zero-order valence-electron chi connectivity index (χ0n) is 13.7. The molecule has 0 radical (unpaired) electrons. The first-order valence-electron chi connectivity index (χ1n) is 8.09. The predicted octanol–water partition coefficient (Wildman–Crippen LogP) is 2.24. The lowest BCUT2D eigenvalue weighted by molar-refractivity contribution is 0.0614. The van der Waals surface area contributed by atoms with E-state index in [1.807, 2.05) is 30.1 Å². The SMILES string of the molecule is Cc1ccc(-c2cc(C(=O)N3CCCC(CO)C3)nn2C)cc1. The third-order valence-electron chi connectivity index (χ3n) is 4.51. The van der Waals surface area contributed by atoms with Gasteiger partial charge in [-0.3, -0.25) is 9.48 Å². The van der Waals surface area contributed by atoms with Crippen molar-refractivity contribution in [2.24, 2.45) is 13.0 Å². The highest BCUT2D eigenvalue weighted by Gasteiger charge is 2.26. The smallest absolute Gasteiger partial charge is 0.274 e. The molecule has 1 saturated heterocycles. The highest BCUT2D eigenvalue weighted by molar-refractivity contribution is 5.93. The molecule has 0 aliphatic carbocycles. The van der Waals surface area contributed by atoms with E-state index in [1.54, 1.807) is 4.68 Å². The number of aromatic nitrogens is 2. The number of piperidine rings is 1. The third kappa shape index (κ3) is 3.29. The zero-order chi connectivity index (χ0) is 16.4. The molecule has 0 spiro atoms. The fourth-order valence-electron chi connectivity index (χ4n) is 3.13. The van der Waals surface area contributed by atoms with E-state index in [1.165, 1.54) is 5.56 Å². The first kappa shape index (κ1) is 15.7. The molecule has 1 aromatic carbocycles. The average Bonchev–Trinajstić information content (AvgIpc) is 2.97. The molecule has 1 aliphatic heterocycles. The molecule has 1 unspecified atom stereocenters. The monoisotopic (exact) mass is 313 g/mol. The number of hydrogen-bond acceptors (Lipinski definition) is 3. The van der Waals surface area contributed by atoms with Crippen molar-refractivity contribution in [3.8, 4) is 11.3 Å². The lowest BCUT2D eigenvalue weighted by Gasteiger charge is -2.31. The Labute approximate surface area is 136 Å². The topological polar surface area (TPSA) is 58.4 Å². The molecule has 0 saturated carbocycles. The molecule has 1 N–H and O–H groups in total. The number of carbonyl (C=O) groups is 1. The Morgan fingerprint density at radius 1 is 1.35 bits per heavy atom. The number of aryl methyl sites for hydroxylation is 2. The van der Waals surface area contributed by atoms with Gasteiger partial charge in [0.1, 0.15) is 0 Å². The maximum absolute atomic E-state index is 12.7. The van der Waals surface area contributed by atoms with E-state index in [0.717, 1.165) is 30.6 Å². The van der Waals surface area contributed by atoms with Crippen LogP contribution < -0.4 is 0 Å². The van der Waals surface area contributed by atoms with Crippen molar-refractivity contribution >= 4 is 5.91 Å². The molecular formula is C18H23N3O2. The number of carbonyl (C=O) groups excluding carboxylic acids is 1. The number of amides is 1. The van der Waals surface area contributed by atoms with Crippen LogP contribution >= 0.6 is 0 Å². The Hall–Kier alpha value is -2.14. The summed E-state index contributed by atoms with van der Waals surface area (Å²) in [6, 6.07) is 10.1. The van der Waals surface area contributed by atoms with Crippen molar-refractivity contribution in [1.82, 2.24) is 14.7 Å². The van der Waals surface area contributed by atoms with E-state index in [-0.39, 0.29) is 18.4 Å². The number of nitrogens with zero attached hydrogens (tertiary/aromatic N) is 3. The van der Waals surface area contributed by atoms with E-state index in [2.05, 4.69) is 24.2 Å². The number of likely N-dealkylation sites (tertiary alicyclic amines) is 1. The number of benzene rings is 1. The molecule has 5 nitrogen and oxygen atoms in total. The first-order chi connectivity index (χ1) is 11.1. The second-order valence-corrected chi connectivity index (χ2v) is 6.35. The summed E-state index contributed by atoms with van der Waals surface area (Å²) in [5, 5.41) is 13.7. The normalized spacial score (nSPS) is 18.2. The molecular weight excluding hydrogens is 290 g/mol. The van der Waals surface area contributed by atoms with Crippen molar-refractivity contribution in [3.05, 3.63) is 41.6 Å². The van der Waals surface area contributed by atoms with Crippen molar-refractivity contribution in [1.29, 1.82) is 0 Å². The molecule has 23 heavy (non-hydrogen) atoms. The van der Waals surface area contributed by atoms with Gasteiger partial charge in [0.2, 0.25) is 0 Å². The summed E-state index contributed by atoms with van der Waals surface area (Å²) in [5.74, 6) is 0.144. The van der Waals surface area contributed by atoms with Crippen LogP contribution in [-0.4, -0.2) is 45.4 Å². The van der Waals surface area contributed by atoms with Gasteiger partial charge in [-0.25, -0.2) is 0 Å². The maximum Gasteiger partial charge on any atom is 0.274 e. The average molecular weight is 313 g/mol. The Balaban J connectivity index is 1.82. The van der Waals surface area contributed by atoms with Gasteiger partial charge in [-0.05, 0) is 37.3 Å². The summed E-state index contributed by atoms with van der Waals surface area (Å²) in [6.07, 6.45) is 1.92. The largest absolute Gasteiger partial charge is 0.396 e. The minimum atomic E-state index is -0.0443. The van der Waals surface area contributed by atoms with Crippen molar-refractivity contribution in [3.63, 3.8) is 0 Å². The van der Waals surface area contributed by atoms with Crippen LogP contribution in [0.2, 0.25) is 0 Å². The minimum Gasteiger partial charge on any atom is -0.396 e. The van der Waals surface area contributed by atoms with Crippen LogP contribution in [-0.2, 0) is 7.05 Å². The molecule has 1 fully saturated rings. The molecule has 3 rings (SSSR count). The van der Waals surface area contributed by atoms with E-state index in [0.29, 0.717) is 12.2 Å². The number of aliphatic hydroxyl groups excluding tert-OH is 1. The summed E-state index contributed by atoms with van der Waals surface area (Å²) in [5.41, 5.74) is 3.66. The van der Waals surface area contributed by atoms with Gasteiger partial charge >= 0.3 is 0 Å². The second kappa shape index (κ2) is 6.54. The molecule has 1 atom stereocenters. The van der Waals surface area contributed by atoms with Crippen molar-refractivity contribution < 1.29 is 9.90 Å². The van der Waals surface area contributed by atoms with Crippen LogP contribution in [0.25, 0.3) is 11.3 Å². The molecule has 122 valence electrons. The second-order valence-electron chi connectivity index (χ2n) is 6.35. The van der Waals surface area contributed by atoms with Crippen LogP contribution in [0.3, 0.4) is 0 Å². The van der Waals surface area contributed by atoms with Crippen LogP contribution in [0.15, 0.2) is 30.3 Å². The molecule has 0 bridgehead atoms. The van der Waals surface area contributed by atoms with Gasteiger partial charge in [0.05, 0.1) is 5.69 Å². The molecule has 2 aromatic rings. The van der Waals surface area contributed by atoms with E-state index < -0.39 is 0 Å². The van der Waals surface area contributed by atoms with Gasteiger partial charge in [-0.1, -0.05) is 29.8 Å². The summed E-state index contributed by atoms with van der Waals surface area (Å²) >= 11 is 0. The zero-order valence-corrected chi connectivity index (χ0v) is 13.7. The lowest BCUT2D eigenvalue weighted by Crippen LogP contribution is -2.41. The molecule has 2 heterocycles. The maximum atomic E-state index is 12.7. The van der Waals surface area contributed by atoms with Gasteiger partial charge in [-0.15, -0.1) is 0 Å². The van der Waals surface area contributed by atoms with Gasteiger partial charge in [0.25, 0.3) is 5.91 Å².